The first-order chi connectivity index (χ1) is 7.77. The average Bonchev–Trinajstić information content (AvgIpc) is 2.84. The quantitative estimate of drug-likeness (QED) is 0.756. The Labute approximate surface area is 97.0 Å². The van der Waals surface area contributed by atoms with Gasteiger partial charge in [0.2, 0.25) is 0 Å². The third kappa shape index (κ3) is 2.83. The third-order valence-electron chi connectivity index (χ3n) is 3.39. The molecule has 0 radical (unpaired) electrons. The minimum absolute atomic E-state index is 0.417. The second-order valence-electron chi connectivity index (χ2n) is 4.53. The highest BCUT2D eigenvalue weighted by molar-refractivity contribution is 4.91. The van der Waals surface area contributed by atoms with E-state index in [-0.39, 0.29) is 0 Å². The van der Waals surface area contributed by atoms with Gasteiger partial charge in [0, 0.05) is 45.6 Å². The van der Waals surface area contributed by atoms with Gasteiger partial charge in [-0.2, -0.15) is 0 Å². The van der Waals surface area contributed by atoms with Crippen molar-refractivity contribution in [3.05, 3.63) is 18.2 Å². The molecule has 90 valence electrons. The normalized spacial score (nSPS) is 25.1. The summed E-state index contributed by atoms with van der Waals surface area (Å²) in [5, 5.41) is 3.49. The molecule has 1 aliphatic rings. The summed E-state index contributed by atoms with van der Waals surface area (Å²) in [4.78, 5) is 4.30. The number of imidazole rings is 1. The van der Waals surface area contributed by atoms with Gasteiger partial charge >= 0.3 is 0 Å². The number of ether oxygens (including phenoxy) is 1. The number of rotatable bonds is 5. The molecule has 16 heavy (non-hydrogen) atoms. The molecule has 1 aromatic rings. The first-order valence-corrected chi connectivity index (χ1v) is 6.06. The van der Waals surface area contributed by atoms with Crippen molar-refractivity contribution < 1.29 is 4.74 Å². The molecule has 0 aliphatic carbocycles. The van der Waals surface area contributed by atoms with Crippen LogP contribution in [0, 0.1) is 5.92 Å². The molecule has 2 rings (SSSR count). The fourth-order valence-corrected chi connectivity index (χ4v) is 2.17. The van der Waals surface area contributed by atoms with Crippen LogP contribution in [0.15, 0.2) is 12.4 Å². The zero-order valence-electron chi connectivity index (χ0n) is 10.1. The number of aryl methyl sites for hydroxylation is 1. The van der Waals surface area contributed by atoms with Gasteiger partial charge in [0.05, 0.1) is 6.10 Å². The van der Waals surface area contributed by atoms with E-state index in [9.17, 15) is 0 Å². The molecule has 0 saturated carbocycles. The summed E-state index contributed by atoms with van der Waals surface area (Å²) in [7, 11) is 2.04. The molecule has 0 aromatic carbocycles. The molecule has 1 saturated heterocycles. The highest BCUT2D eigenvalue weighted by atomic mass is 16.5. The van der Waals surface area contributed by atoms with Crippen LogP contribution < -0.4 is 5.32 Å². The van der Waals surface area contributed by atoms with Crippen LogP contribution in [0.1, 0.15) is 19.2 Å². The Kier molecular flexibility index (Phi) is 3.96. The summed E-state index contributed by atoms with van der Waals surface area (Å²) in [6, 6.07) is 0. The fraction of sp³-hybridized carbons (Fsp3) is 0.750. The summed E-state index contributed by atoms with van der Waals surface area (Å²) in [6.07, 6.45) is 6.44. The molecular weight excluding hydrogens is 202 g/mol. The van der Waals surface area contributed by atoms with Crippen LogP contribution in [0.5, 0.6) is 0 Å². The molecule has 0 amide bonds. The first kappa shape index (κ1) is 11.6. The Balaban J connectivity index is 1.63. The molecule has 2 atom stereocenters. The van der Waals surface area contributed by atoms with E-state index in [1.807, 2.05) is 19.4 Å². The zero-order valence-corrected chi connectivity index (χ0v) is 10.1. The Morgan fingerprint density at radius 3 is 3.12 bits per heavy atom. The minimum atomic E-state index is 0.417. The Hall–Kier alpha value is -0.870. The zero-order chi connectivity index (χ0) is 11.4. The largest absolute Gasteiger partial charge is 0.378 e. The van der Waals surface area contributed by atoms with Crippen LogP contribution in [-0.4, -0.2) is 35.4 Å². The van der Waals surface area contributed by atoms with E-state index in [1.165, 1.54) is 6.42 Å². The lowest BCUT2D eigenvalue weighted by molar-refractivity contribution is 0.105. The van der Waals surface area contributed by atoms with Gasteiger partial charge in [0.25, 0.3) is 0 Å². The number of nitrogens with one attached hydrogen (secondary N) is 1. The molecule has 1 N–H and O–H groups in total. The predicted molar refractivity (Wildman–Crippen MR) is 63.3 cm³/mol. The van der Waals surface area contributed by atoms with Crippen LogP contribution in [0.25, 0.3) is 0 Å². The molecule has 0 bridgehead atoms. The standard InChI is InChI=1S/C12H21N3O/c1-10-11(4-8-16-10)9-13-5-3-12-14-6-7-15(12)2/h6-7,10-11,13H,3-5,8-9H2,1-2H3. The highest BCUT2D eigenvalue weighted by Crippen LogP contribution is 2.19. The topological polar surface area (TPSA) is 39.1 Å². The lowest BCUT2D eigenvalue weighted by Gasteiger charge is -2.14. The highest BCUT2D eigenvalue weighted by Gasteiger charge is 2.23. The number of aromatic nitrogens is 2. The van der Waals surface area contributed by atoms with E-state index >= 15 is 0 Å². The van der Waals surface area contributed by atoms with Crippen molar-refractivity contribution in [3.8, 4) is 0 Å². The fourth-order valence-electron chi connectivity index (χ4n) is 2.17. The smallest absolute Gasteiger partial charge is 0.109 e. The van der Waals surface area contributed by atoms with E-state index in [2.05, 4.69) is 21.8 Å². The predicted octanol–water partition coefficient (Wildman–Crippen LogP) is 0.977. The van der Waals surface area contributed by atoms with Gasteiger partial charge in [0.1, 0.15) is 5.82 Å². The van der Waals surface area contributed by atoms with Gasteiger partial charge < -0.3 is 14.6 Å². The molecule has 2 heterocycles. The van der Waals surface area contributed by atoms with Crippen molar-refractivity contribution >= 4 is 0 Å². The van der Waals surface area contributed by atoms with Crippen LogP contribution in [0.3, 0.4) is 0 Å². The SMILES string of the molecule is CC1OCCC1CNCCc1nccn1C. The molecule has 4 nitrogen and oxygen atoms in total. The van der Waals surface area contributed by atoms with Crippen LogP contribution in [0.2, 0.25) is 0 Å². The van der Waals surface area contributed by atoms with E-state index in [0.29, 0.717) is 12.0 Å². The number of nitrogens with zero attached hydrogens (tertiary/aromatic N) is 2. The summed E-state index contributed by atoms with van der Waals surface area (Å²) < 4.78 is 7.60. The minimum Gasteiger partial charge on any atom is -0.378 e. The molecular formula is C12H21N3O. The van der Waals surface area contributed by atoms with Crippen molar-refractivity contribution in [1.82, 2.24) is 14.9 Å². The van der Waals surface area contributed by atoms with Gasteiger partial charge in [-0.3, -0.25) is 0 Å². The number of hydrogen-bond acceptors (Lipinski definition) is 3. The summed E-state index contributed by atoms with van der Waals surface area (Å²) in [6.45, 7) is 5.14. The van der Waals surface area contributed by atoms with Crippen LogP contribution >= 0.6 is 0 Å². The lowest BCUT2D eigenvalue weighted by Crippen LogP contribution is -2.28. The maximum absolute atomic E-state index is 5.53. The Morgan fingerprint density at radius 2 is 2.50 bits per heavy atom. The third-order valence-corrected chi connectivity index (χ3v) is 3.39. The van der Waals surface area contributed by atoms with Gasteiger partial charge in [0.15, 0.2) is 0 Å². The van der Waals surface area contributed by atoms with Crippen molar-refractivity contribution in [2.24, 2.45) is 13.0 Å². The van der Waals surface area contributed by atoms with Gasteiger partial charge in [-0.25, -0.2) is 4.98 Å². The average molecular weight is 223 g/mol. The molecule has 1 aromatic heterocycles. The maximum atomic E-state index is 5.53. The van der Waals surface area contributed by atoms with Gasteiger partial charge in [-0.1, -0.05) is 0 Å². The van der Waals surface area contributed by atoms with Gasteiger partial charge in [-0.05, 0) is 19.3 Å². The van der Waals surface area contributed by atoms with E-state index in [4.69, 9.17) is 4.74 Å². The summed E-state index contributed by atoms with van der Waals surface area (Å²) >= 11 is 0. The van der Waals surface area contributed by atoms with Crippen molar-refractivity contribution in [2.75, 3.05) is 19.7 Å². The van der Waals surface area contributed by atoms with Crippen LogP contribution in [-0.2, 0) is 18.2 Å². The lowest BCUT2D eigenvalue weighted by atomic mass is 10.0. The molecule has 1 fully saturated rings. The second-order valence-corrected chi connectivity index (χ2v) is 4.53. The molecule has 0 spiro atoms. The van der Waals surface area contributed by atoms with Crippen molar-refractivity contribution in [1.29, 1.82) is 0 Å². The summed E-state index contributed by atoms with van der Waals surface area (Å²) in [5.41, 5.74) is 0. The van der Waals surface area contributed by atoms with E-state index in [0.717, 1.165) is 31.9 Å². The maximum Gasteiger partial charge on any atom is 0.109 e. The monoisotopic (exact) mass is 223 g/mol. The Morgan fingerprint density at radius 1 is 1.62 bits per heavy atom. The number of hydrogen-bond donors (Lipinski definition) is 1. The first-order valence-electron chi connectivity index (χ1n) is 6.06. The molecule has 2 unspecified atom stereocenters. The summed E-state index contributed by atoms with van der Waals surface area (Å²) in [5.74, 6) is 1.82. The Bertz CT molecular complexity index is 324. The molecule has 1 aliphatic heterocycles. The van der Waals surface area contributed by atoms with Crippen molar-refractivity contribution in [3.63, 3.8) is 0 Å². The second kappa shape index (κ2) is 5.46. The van der Waals surface area contributed by atoms with Gasteiger partial charge in [-0.15, -0.1) is 0 Å². The van der Waals surface area contributed by atoms with Crippen LogP contribution in [0.4, 0.5) is 0 Å². The van der Waals surface area contributed by atoms with Crippen molar-refractivity contribution in [2.45, 2.75) is 25.9 Å². The van der Waals surface area contributed by atoms with E-state index < -0.39 is 0 Å². The molecule has 4 heteroatoms. The van der Waals surface area contributed by atoms with E-state index in [1.54, 1.807) is 0 Å².